The lowest BCUT2D eigenvalue weighted by atomic mass is 9.77. The normalized spacial score (nSPS) is 19.4. The molecule has 0 radical (unpaired) electrons. The molecule has 1 fully saturated rings. The van der Waals surface area contributed by atoms with Gasteiger partial charge in [-0.25, -0.2) is 4.39 Å². The molecule has 1 aliphatic rings. The predicted octanol–water partition coefficient (Wildman–Crippen LogP) is 4.35. The van der Waals surface area contributed by atoms with E-state index in [1.54, 1.807) is 19.2 Å². The number of benzene rings is 1. The lowest BCUT2D eigenvalue weighted by Gasteiger charge is -2.43. The molecule has 0 spiro atoms. The van der Waals surface area contributed by atoms with Gasteiger partial charge in [0.05, 0.1) is 5.60 Å². The second-order valence-corrected chi connectivity index (χ2v) is 6.32. The molecule has 1 atom stereocenters. The Kier molecular flexibility index (Phi) is 6.03. The van der Waals surface area contributed by atoms with E-state index in [0.717, 1.165) is 19.4 Å². The van der Waals surface area contributed by atoms with Gasteiger partial charge < -0.3 is 10.1 Å². The van der Waals surface area contributed by atoms with Crippen LogP contribution in [0.3, 0.4) is 0 Å². The van der Waals surface area contributed by atoms with E-state index in [1.807, 2.05) is 0 Å². The standard InChI is InChI=1S/C17H25ClFNO/c1-3-20-16(17(21-2)9-5-4-6-10-17)11-13-7-8-14(18)12-15(13)19/h7-8,12,16,20H,3-6,9-11H2,1-2H3. The van der Waals surface area contributed by atoms with Crippen LogP contribution in [0.5, 0.6) is 0 Å². The second-order valence-electron chi connectivity index (χ2n) is 5.88. The van der Waals surface area contributed by atoms with Crippen LogP contribution in [0.4, 0.5) is 4.39 Å². The smallest absolute Gasteiger partial charge is 0.127 e. The maximum atomic E-state index is 14.1. The highest BCUT2D eigenvalue weighted by atomic mass is 35.5. The molecule has 1 saturated carbocycles. The number of nitrogens with one attached hydrogen (secondary N) is 1. The van der Waals surface area contributed by atoms with Crippen molar-refractivity contribution in [3.63, 3.8) is 0 Å². The van der Waals surface area contributed by atoms with Gasteiger partial charge in [-0.2, -0.15) is 0 Å². The molecule has 1 unspecified atom stereocenters. The van der Waals surface area contributed by atoms with Crippen molar-refractivity contribution in [2.24, 2.45) is 0 Å². The van der Waals surface area contributed by atoms with E-state index < -0.39 is 0 Å². The van der Waals surface area contributed by atoms with Crippen molar-refractivity contribution in [1.29, 1.82) is 0 Å². The van der Waals surface area contributed by atoms with Gasteiger partial charge >= 0.3 is 0 Å². The fourth-order valence-corrected chi connectivity index (χ4v) is 3.60. The van der Waals surface area contributed by atoms with E-state index in [1.165, 1.54) is 25.3 Å². The Balaban J connectivity index is 2.21. The van der Waals surface area contributed by atoms with Gasteiger partial charge in [0.15, 0.2) is 0 Å². The van der Waals surface area contributed by atoms with Crippen molar-refractivity contribution < 1.29 is 9.13 Å². The van der Waals surface area contributed by atoms with Crippen LogP contribution in [-0.2, 0) is 11.2 Å². The van der Waals surface area contributed by atoms with E-state index >= 15 is 0 Å². The zero-order valence-corrected chi connectivity index (χ0v) is 13.7. The summed E-state index contributed by atoms with van der Waals surface area (Å²) in [6.07, 6.45) is 6.33. The fourth-order valence-electron chi connectivity index (χ4n) is 3.44. The molecule has 0 aliphatic heterocycles. The highest BCUT2D eigenvalue weighted by Gasteiger charge is 2.39. The van der Waals surface area contributed by atoms with Crippen molar-refractivity contribution in [1.82, 2.24) is 5.32 Å². The minimum Gasteiger partial charge on any atom is -0.377 e. The van der Waals surface area contributed by atoms with Crippen LogP contribution in [-0.4, -0.2) is 25.3 Å². The predicted molar refractivity (Wildman–Crippen MR) is 85.4 cm³/mol. The molecule has 21 heavy (non-hydrogen) atoms. The Morgan fingerprint density at radius 1 is 1.33 bits per heavy atom. The number of likely N-dealkylation sites (N-methyl/N-ethyl adjacent to an activating group) is 1. The third-order valence-corrected chi connectivity index (χ3v) is 4.87. The maximum Gasteiger partial charge on any atom is 0.127 e. The van der Waals surface area contributed by atoms with Gasteiger partial charge in [-0.1, -0.05) is 43.9 Å². The molecule has 0 bridgehead atoms. The van der Waals surface area contributed by atoms with Crippen LogP contribution >= 0.6 is 11.6 Å². The number of ether oxygens (including phenoxy) is 1. The van der Waals surface area contributed by atoms with Gasteiger partial charge in [0.2, 0.25) is 0 Å². The lowest BCUT2D eigenvalue weighted by Crippen LogP contribution is -2.54. The molecule has 0 saturated heterocycles. The fraction of sp³-hybridized carbons (Fsp3) is 0.647. The van der Waals surface area contributed by atoms with E-state index in [0.29, 0.717) is 17.0 Å². The topological polar surface area (TPSA) is 21.3 Å². The lowest BCUT2D eigenvalue weighted by molar-refractivity contribution is -0.0671. The van der Waals surface area contributed by atoms with Gasteiger partial charge in [0, 0.05) is 18.2 Å². The quantitative estimate of drug-likeness (QED) is 0.843. The Bertz CT molecular complexity index is 460. The van der Waals surface area contributed by atoms with E-state index in [9.17, 15) is 4.39 Å². The first kappa shape index (κ1) is 16.7. The molecule has 0 aromatic heterocycles. The summed E-state index contributed by atoms with van der Waals surface area (Å²) < 4.78 is 20.0. The number of halogens is 2. The average Bonchev–Trinajstić information content (AvgIpc) is 2.50. The Labute approximate surface area is 132 Å². The molecular formula is C17H25ClFNO. The van der Waals surface area contributed by atoms with Crippen LogP contribution in [0.15, 0.2) is 18.2 Å². The van der Waals surface area contributed by atoms with Crippen molar-refractivity contribution in [3.05, 3.63) is 34.6 Å². The van der Waals surface area contributed by atoms with Crippen LogP contribution in [0.25, 0.3) is 0 Å². The maximum absolute atomic E-state index is 14.1. The van der Waals surface area contributed by atoms with Crippen LogP contribution in [0, 0.1) is 5.82 Å². The first-order chi connectivity index (χ1) is 10.1. The summed E-state index contributed by atoms with van der Waals surface area (Å²) in [5.41, 5.74) is 0.521. The number of methoxy groups -OCH3 is 1. The third-order valence-electron chi connectivity index (χ3n) is 4.63. The summed E-state index contributed by atoms with van der Waals surface area (Å²) in [6.45, 7) is 2.93. The van der Waals surface area contributed by atoms with E-state index in [-0.39, 0.29) is 17.5 Å². The number of hydrogen-bond donors (Lipinski definition) is 1. The molecule has 1 aliphatic carbocycles. The Morgan fingerprint density at radius 2 is 2.05 bits per heavy atom. The zero-order valence-electron chi connectivity index (χ0n) is 12.9. The third kappa shape index (κ3) is 3.97. The molecule has 1 aromatic rings. The number of rotatable bonds is 6. The van der Waals surface area contributed by atoms with Gasteiger partial charge in [0.1, 0.15) is 5.82 Å². The number of hydrogen-bond acceptors (Lipinski definition) is 2. The molecule has 1 N–H and O–H groups in total. The zero-order chi connectivity index (χ0) is 15.3. The highest BCUT2D eigenvalue weighted by Crippen LogP contribution is 2.35. The Hall–Kier alpha value is -0.640. The minimum absolute atomic E-state index is 0.128. The molecular weight excluding hydrogens is 289 g/mol. The van der Waals surface area contributed by atoms with Crippen LogP contribution in [0.2, 0.25) is 5.02 Å². The van der Waals surface area contributed by atoms with Crippen molar-refractivity contribution in [2.75, 3.05) is 13.7 Å². The van der Waals surface area contributed by atoms with E-state index in [2.05, 4.69) is 12.2 Å². The first-order valence-corrected chi connectivity index (χ1v) is 8.21. The van der Waals surface area contributed by atoms with Gasteiger partial charge in [-0.3, -0.25) is 0 Å². The van der Waals surface area contributed by atoms with Gasteiger partial charge in [-0.15, -0.1) is 0 Å². The summed E-state index contributed by atoms with van der Waals surface area (Å²) in [6, 6.07) is 5.06. The summed E-state index contributed by atoms with van der Waals surface area (Å²) in [5.74, 6) is -0.229. The van der Waals surface area contributed by atoms with Gasteiger partial charge in [0.25, 0.3) is 0 Å². The van der Waals surface area contributed by atoms with Crippen molar-refractivity contribution >= 4 is 11.6 Å². The molecule has 1 aromatic carbocycles. The monoisotopic (exact) mass is 313 g/mol. The largest absolute Gasteiger partial charge is 0.377 e. The molecule has 4 heteroatoms. The summed E-state index contributed by atoms with van der Waals surface area (Å²) in [5, 5.41) is 3.95. The molecule has 2 rings (SSSR count). The molecule has 0 heterocycles. The second kappa shape index (κ2) is 7.57. The Morgan fingerprint density at radius 3 is 2.62 bits per heavy atom. The average molecular weight is 314 g/mol. The SMILES string of the molecule is CCNC(Cc1ccc(Cl)cc1F)C1(OC)CCCCC1. The minimum atomic E-state index is -0.229. The van der Waals surface area contributed by atoms with Crippen LogP contribution in [0.1, 0.15) is 44.6 Å². The van der Waals surface area contributed by atoms with Crippen molar-refractivity contribution in [2.45, 2.75) is 57.1 Å². The summed E-state index contributed by atoms with van der Waals surface area (Å²) >= 11 is 5.84. The first-order valence-electron chi connectivity index (χ1n) is 7.84. The molecule has 0 amide bonds. The van der Waals surface area contributed by atoms with Crippen LogP contribution < -0.4 is 5.32 Å². The molecule has 118 valence electrons. The van der Waals surface area contributed by atoms with Crippen molar-refractivity contribution in [3.8, 4) is 0 Å². The van der Waals surface area contributed by atoms with Gasteiger partial charge in [-0.05, 0) is 43.5 Å². The van der Waals surface area contributed by atoms with E-state index in [4.69, 9.17) is 16.3 Å². The molecule has 2 nitrogen and oxygen atoms in total. The summed E-state index contributed by atoms with van der Waals surface area (Å²) in [7, 11) is 1.79. The summed E-state index contributed by atoms with van der Waals surface area (Å²) in [4.78, 5) is 0. The highest BCUT2D eigenvalue weighted by molar-refractivity contribution is 6.30.